The van der Waals surface area contributed by atoms with Gasteiger partial charge >= 0.3 is 0 Å². The van der Waals surface area contributed by atoms with Crippen molar-refractivity contribution in [1.82, 2.24) is 0 Å². The summed E-state index contributed by atoms with van der Waals surface area (Å²) in [5.41, 5.74) is -0.501. The van der Waals surface area contributed by atoms with E-state index in [-0.39, 0.29) is 11.9 Å². The van der Waals surface area contributed by atoms with Crippen LogP contribution in [0.5, 0.6) is 0 Å². The van der Waals surface area contributed by atoms with Crippen LogP contribution in [0.3, 0.4) is 0 Å². The second-order valence-electron chi connectivity index (χ2n) is 4.81. The van der Waals surface area contributed by atoms with Crippen molar-refractivity contribution >= 4 is 5.78 Å². The van der Waals surface area contributed by atoms with Gasteiger partial charge in [-0.25, -0.2) is 0 Å². The maximum Gasteiger partial charge on any atom is 0.187 e. The summed E-state index contributed by atoms with van der Waals surface area (Å²) >= 11 is 0. The van der Waals surface area contributed by atoms with E-state index in [0.717, 1.165) is 32.1 Å². The van der Waals surface area contributed by atoms with E-state index in [0.29, 0.717) is 0 Å². The van der Waals surface area contributed by atoms with Gasteiger partial charge in [0.05, 0.1) is 6.10 Å². The summed E-state index contributed by atoms with van der Waals surface area (Å²) in [6.45, 7) is 3.73. The van der Waals surface area contributed by atoms with E-state index in [1.165, 1.54) is 12.8 Å². The van der Waals surface area contributed by atoms with Crippen LogP contribution < -0.4 is 0 Å². The molecule has 0 aromatic rings. The van der Waals surface area contributed by atoms with Gasteiger partial charge in [-0.2, -0.15) is 0 Å². The molecule has 0 saturated heterocycles. The second kappa shape index (κ2) is 4.96. The molecule has 0 radical (unpaired) electrons. The Morgan fingerprint density at radius 1 is 1.38 bits per heavy atom. The Morgan fingerprint density at radius 3 is 2.69 bits per heavy atom. The van der Waals surface area contributed by atoms with Crippen molar-refractivity contribution in [3.05, 3.63) is 24.8 Å². The van der Waals surface area contributed by atoms with Crippen molar-refractivity contribution < 1.29 is 9.53 Å². The van der Waals surface area contributed by atoms with Crippen molar-refractivity contribution in [3.63, 3.8) is 0 Å². The maximum absolute atomic E-state index is 12.0. The minimum Gasteiger partial charge on any atom is -0.359 e. The van der Waals surface area contributed by atoms with Gasteiger partial charge in [0.1, 0.15) is 5.60 Å². The molecule has 2 heteroatoms. The van der Waals surface area contributed by atoms with Gasteiger partial charge in [-0.3, -0.25) is 4.79 Å². The molecule has 2 rings (SSSR count). The van der Waals surface area contributed by atoms with Gasteiger partial charge in [-0.1, -0.05) is 37.8 Å². The lowest BCUT2D eigenvalue weighted by atomic mass is 9.86. The summed E-state index contributed by atoms with van der Waals surface area (Å²) < 4.78 is 6.04. The molecule has 0 N–H and O–H groups in total. The molecule has 88 valence electrons. The highest BCUT2D eigenvalue weighted by molar-refractivity contribution is 5.97. The van der Waals surface area contributed by atoms with Crippen LogP contribution in [0.15, 0.2) is 24.8 Å². The smallest absolute Gasteiger partial charge is 0.187 e. The third-order valence-corrected chi connectivity index (χ3v) is 3.60. The number of ether oxygens (including phenoxy) is 1. The molecule has 0 bridgehead atoms. The van der Waals surface area contributed by atoms with Crippen molar-refractivity contribution in [2.75, 3.05) is 0 Å². The molecule has 1 saturated carbocycles. The molecule has 2 nitrogen and oxygen atoms in total. The SMILES string of the molecule is C=CCC1C=CC(=O)C2(CCCCCC2)O1. The quantitative estimate of drug-likeness (QED) is 0.668. The first-order valence-electron chi connectivity index (χ1n) is 6.28. The third-order valence-electron chi connectivity index (χ3n) is 3.60. The molecular weight excluding hydrogens is 200 g/mol. The first-order chi connectivity index (χ1) is 7.77. The Balaban J connectivity index is 2.14. The van der Waals surface area contributed by atoms with Crippen LogP contribution in [0.1, 0.15) is 44.9 Å². The number of hydrogen-bond acceptors (Lipinski definition) is 2. The molecule has 1 atom stereocenters. The van der Waals surface area contributed by atoms with Gasteiger partial charge in [0.15, 0.2) is 5.78 Å². The minimum absolute atomic E-state index is 0.0494. The first-order valence-corrected chi connectivity index (χ1v) is 6.28. The molecular formula is C14H20O2. The van der Waals surface area contributed by atoms with E-state index >= 15 is 0 Å². The highest BCUT2D eigenvalue weighted by Crippen LogP contribution is 2.35. The zero-order valence-corrected chi connectivity index (χ0v) is 9.78. The van der Waals surface area contributed by atoms with E-state index in [1.54, 1.807) is 6.08 Å². The molecule has 16 heavy (non-hydrogen) atoms. The summed E-state index contributed by atoms with van der Waals surface area (Å²) in [4.78, 5) is 12.0. The van der Waals surface area contributed by atoms with Crippen LogP contribution in [-0.4, -0.2) is 17.5 Å². The Kier molecular flexibility index (Phi) is 3.59. The van der Waals surface area contributed by atoms with Gasteiger partial charge in [-0.15, -0.1) is 6.58 Å². The van der Waals surface area contributed by atoms with Crippen LogP contribution >= 0.6 is 0 Å². The number of hydrogen-bond donors (Lipinski definition) is 0. The van der Waals surface area contributed by atoms with E-state index < -0.39 is 5.60 Å². The molecule has 1 spiro atoms. The van der Waals surface area contributed by atoms with Crippen LogP contribution in [-0.2, 0) is 9.53 Å². The lowest BCUT2D eigenvalue weighted by Gasteiger charge is -2.36. The largest absolute Gasteiger partial charge is 0.359 e. The number of carbonyl (C=O) groups is 1. The van der Waals surface area contributed by atoms with Gasteiger partial charge in [0, 0.05) is 0 Å². The van der Waals surface area contributed by atoms with Crippen LogP contribution in [0.25, 0.3) is 0 Å². The van der Waals surface area contributed by atoms with E-state index in [1.807, 2.05) is 12.2 Å². The van der Waals surface area contributed by atoms with E-state index in [9.17, 15) is 4.79 Å². The van der Waals surface area contributed by atoms with E-state index in [2.05, 4.69) is 6.58 Å². The highest BCUT2D eigenvalue weighted by atomic mass is 16.5. The lowest BCUT2D eigenvalue weighted by molar-refractivity contribution is -0.150. The number of ketones is 1. The fourth-order valence-electron chi connectivity index (χ4n) is 2.69. The monoisotopic (exact) mass is 220 g/mol. The van der Waals surface area contributed by atoms with Crippen molar-refractivity contribution in [2.45, 2.75) is 56.7 Å². The minimum atomic E-state index is -0.501. The number of carbonyl (C=O) groups excluding carboxylic acids is 1. The molecule has 2 aliphatic rings. The average molecular weight is 220 g/mol. The predicted molar refractivity (Wildman–Crippen MR) is 64.3 cm³/mol. The standard InChI is InChI=1S/C14H20O2/c1-2-7-12-8-9-13(15)14(16-12)10-5-3-4-6-11-14/h2,8-9,12H,1,3-7,10-11H2. The summed E-state index contributed by atoms with van der Waals surface area (Å²) in [5, 5.41) is 0. The number of rotatable bonds is 2. The second-order valence-corrected chi connectivity index (χ2v) is 4.81. The predicted octanol–water partition coefficient (Wildman–Crippen LogP) is 3.18. The zero-order valence-electron chi connectivity index (χ0n) is 9.78. The third kappa shape index (κ3) is 2.27. The summed E-state index contributed by atoms with van der Waals surface area (Å²) in [5.74, 6) is 0.176. The molecule has 0 amide bonds. The summed E-state index contributed by atoms with van der Waals surface area (Å²) in [6, 6.07) is 0. The van der Waals surface area contributed by atoms with Crippen LogP contribution in [0, 0.1) is 0 Å². The highest BCUT2D eigenvalue weighted by Gasteiger charge is 2.41. The topological polar surface area (TPSA) is 26.3 Å². The van der Waals surface area contributed by atoms with Crippen molar-refractivity contribution in [2.24, 2.45) is 0 Å². The van der Waals surface area contributed by atoms with E-state index in [4.69, 9.17) is 4.74 Å². The van der Waals surface area contributed by atoms with Gasteiger partial charge < -0.3 is 4.74 Å². The molecule has 1 heterocycles. The Hall–Kier alpha value is -0.890. The van der Waals surface area contributed by atoms with Crippen LogP contribution in [0.2, 0.25) is 0 Å². The molecule has 1 fully saturated rings. The molecule has 1 aliphatic carbocycles. The van der Waals surface area contributed by atoms with Gasteiger partial charge in [0.25, 0.3) is 0 Å². The zero-order chi connectivity index (χ0) is 11.4. The Morgan fingerprint density at radius 2 is 2.06 bits per heavy atom. The normalized spacial score (nSPS) is 29.0. The maximum atomic E-state index is 12.0. The van der Waals surface area contributed by atoms with Gasteiger partial charge in [-0.05, 0) is 25.3 Å². The molecule has 0 aromatic carbocycles. The first kappa shape index (κ1) is 11.6. The fraction of sp³-hybridized carbons (Fsp3) is 0.643. The van der Waals surface area contributed by atoms with Crippen molar-refractivity contribution in [1.29, 1.82) is 0 Å². The Labute approximate surface area is 97.4 Å². The summed E-state index contributed by atoms with van der Waals surface area (Å²) in [6.07, 6.45) is 12.8. The van der Waals surface area contributed by atoms with Crippen LogP contribution in [0.4, 0.5) is 0 Å². The molecule has 1 aliphatic heterocycles. The lowest BCUT2D eigenvalue weighted by Crippen LogP contribution is -2.45. The summed E-state index contributed by atoms with van der Waals surface area (Å²) in [7, 11) is 0. The molecule has 0 aromatic heterocycles. The average Bonchev–Trinajstić information content (AvgIpc) is 2.51. The van der Waals surface area contributed by atoms with Gasteiger partial charge in [0.2, 0.25) is 0 Å². The Bertz CT molecular complexity index is 296. The molecule has 1 unspecified atom stereocenters. The fourth-order valence-corrected chi connectivity index (χ4v) is 2.69. The van der Waals surface area contributed by atoms with Crippen molar-refractivity contribution in [3.8, 4) is 0 Å².